The molecule has 0 bridgehead atoms. The van der Waals surface area contributed by atoms with Crippen LogP contribution in [0.3, 0.4) is 0 Å². The van der Waals surface area contributed by atoms with Gasteiger partial charge < -0.3 is 5.32 Å². The van der Waals surface area contributed by atoms with Gasteiger partial charge in [-0.3, -0.25) is 14.6 Å². The molecule has 1 amide bonds. The Morgan fingerprint density at radius 2 is 1.55 bits per heavy atom. The maximum Gasteiger partial charge on any atom is 0.245 e. The molecule has 3 rings (SSSR count). The number of alkyl halides is 3. The van der Waals surface area contributed by atoms with Gasteiger partial charge >= 0.3 is 0 Å². The summed E-state index contributed by atoms with van der Waals surface area (Å²) in [6, 6.07) is 19.9. The average Bonchev–Trinajstić information content (AvgIpc) is 2.72. The minimum atomic E-state index is -1.63. The van der Waals surface area contributed by atoms with Crippen molar-refractivity contribution >= 4 is 46.8 Å². The van der Waals surface area contributed by atoms with E-state index in [2.05, 4.69) is 22.3 Å². The van der Waals surface area contributed by atoms with Crippen molar-refractivity contribution in [1.29, 1.82) is 0 Å². The molecule has 0 saturated carbocycles. The fourth-order valence-corrected chi connectivity index (χ4v) is 3.90. The lowest BCUT2D eigenvalue weighted by molar-refractivity contribution is -0.118. The van der Waals surface area contributed by atoms with Crippen LogP contribution in [0.25, 0.3) is 6.08 Å². The monoisotopic (exact) mass is 451 g/mol. The van der Waals surface area contributed by atoms with Crippen LogP contribution >= 0.6 is 34.8 Å². The number of carbonyl (C=O) groups excluding carboxylic acids is 1. The van der Waals surface area contributed by atoms with Gasteiger partial charge in [-0.05, 0) is 17.2 Å². The Hall–Kier alpha value is -1.56. The number of hydrogen-bond acceptors (Lipinski definition) is 3. The van der Waals surface area contributed by atoms with Gasteiger partial charge in [-0.2, -0.15) is 0 Å². The van der Waals surface area contributed by atoms with Gasteiger partial charge in [0, 0.05) is 38.8 Å². The first-order chi connectivity index (χ1) is 13.9. The lowest BCUT2D eigenvalue weighted by atomic mass is 10.2. The minimum Gasteiger partial charge on any atom is -0.333 e. The highest BCUT2D eigenvalue weighted by molar-refractivity contribution is 6.68. The summed E-state index contributed by atoms with van der Waals surface area (Å²) < 4.78 is -1.63. The molecule has 1 heterocycles. The third-order valence-electron chi connectivity index (χ3n) is 4.84. The van der Waals surface area contributed by atoms with Gasteiger partial charge in [0.05, 0.1) is 0 Å². The Labute approximate surface area is 187 Å². The number of carbonyl (C=O) groups is 1. The highest BCUT2D eigenvalue weighted by Gasteiger charge is 2.39. The summed E-state index contributed by atoms with van der Waals surface area (Å²) in [5, 5.41) is 2.85. The van der Waals surface area contributed by atoms with E-state index in [9.17, 15) is 4.79 Å². The first-order valence-corrected chi connectivity index (χ1v) is 10.7. The molecule has 2 aromatic rings. The molecule has 1 aliphatic rings. The molecule has 29 heavy (non-hydrogen) atoms. The zero-order chi connectivity index (χ0) is 20.7. The Balaban J connectivity index is 1.57. The number of halogens is 3. The molecule has 1 N–H and O–H groups in total. The lowest BCUT2D eigenvalue weighted by Crippen LogP contribution is -2.60. The number of amides is 1. The zero-order valence-electron chi connectivity index (χ0n) is 16.0. The van der Waals surface area contributed by atoms with Crippen molar-refractivity contribution in [2.24, 2.45) is 0 Å². The SMILES string of the molecule is O=C(/C=C/c1ccccc1)NC(N1CCN(Cc2ccccc2)CC1)C(Cl)(Cl)Cl. The molecular weight excluding hydrogens is 429 g/mol. The molecule has 0 aromatic heterocycles. The number of rotatable bonds is 6. The molecule has 1 unspecified atom stereocenters. The Kier molecular flexibility index (Phi) is 7.99. The van der Waals surface area contributed by atoms with Crippen molar-refractivity contribution < 1.29 is 4.79 Å². The van der Waals surface area contributed by atoms with E-state index in [0.717, 1.165) is 25.2 Å². The summed E-state index contributed by atoms with van der Waals surface area (Å²) in [7, 11) is 0. The Morgan fingerprint density at radius 3 is 2.14 bits per heavy atom. The van der Waals surface area contributed by atoms with Gasteiger partial charge in [-0.1, -0.05) is 95.5 Å². The van der Waals surface area contributed by atoms with E-state index in [0.29, 0.717) is 13.1 Å². The van der Waals surface area contributed by atoms with Crippen molar-refractivity contribution in [2.45, 2.75) is 16.5 Å². The predicted octanol–water partition coefficient (Wildman–Crippen LogP) is 4.33. The highest BCUT2D eigenvalue weighted by Crippen LogP contribution is 2.32. The van der Waals surface area contributed by atoms with Gasteiger partial charge in [0.15, 0.2) is 0 Å². The molecule has 1 saturated heterocycles. The van der Waals surface area contributed by atoms with Crippen LogP contribution in [0.2, 0.25) is 0 Å². The maximum atomic E-state index is 12.4. The molecule has 2 aromatic carbocycles. The number of piperazine rings is 1. The average molecular weight is 453 g/mol. The van der Waals surface area contributed by atoms with E-state index in [4.69, 9.17) is 34.8 Å². The van der Waals surface area contributed by atoms with Crippen LogP contribution in [0.4, 0.5) is 0 Å². The molecule has 0 radical (unpaired) electrons. The van der Waals surface area contributed by atoms with Crippen molar-refractivity contribution in [1.82, 2.24) is 15.1 Å². The molecule has 4 nitrogen and oxygen atoms in total. The summed E-state index contributed by atoms with van der Waals surface area (Å²) in [6.07, 6.45) is 2.51. The molecule has 7 heteroatoms. The van der Waals surface area contributed by atoms with Crippen molar-refractivity contribution in [2.75, 3.05) is 26.2 Å². The fraction of sp³-hybridized carbons (Fsp3) is 0.318. The van der Waals surface area contributed by atoms with E-state index >= 15 is 0 Å². The molecule has 1 aliphatic heterocycles. The Bertz CT molecular complexity index is 801. The van der Waals surface area contributed by atoms with Crippen LogP contribution in [-0.4, -0.2) is 51.8 Å². The number of nitrogens with zero attached hydrogens (tertiary/aromatic N) is 2. The van der Waals surface area contributed by atoms with Gasteiger partial charge in [0.1, 0.15) is 6.17 Å². The standard InChI is InChI=1S/C22H24Cl3N3O/c23-22(24,25)21(26-20(29)12-11-18-7-3-1-4-8-18)28-15-13-27(14-16-28)17-19-9-5-2-6-10-19/h1-12,21H,13-17H2,(H,26,29)/b12-11+. The quantitative estimate of drug-likeness (QED) is 0.523. The van der Waals surface area contributed by atoms with Crippen LogP contribution in [0.15, 0.2) is 66.7 Å². The molecule has 1 atom stereocenters. The summed E-state index contributed by atoms with van der Waals surface area (Å²) in [4.78, 5) is 16.8. The molecule has 0 aliphatic carbocycles. The molecule has 154 valence electrons. The van der Waals surface area contributed by atoms with Crippen LogP contribution < -0.4 is 5.32 Å². The second kappa shape index (κ2) is 10.5. The molecular formula is C22H24Cl3N3O. The largest absolute Gasteiger partial charge is 0.333 e. The van der Waals surface area contributed by atoms with Crippen molar-refractivity contribution in [3.63, 3.8) is 0 Å². The van der Waals surface area contributed by atoms with Crippen LogP contribution in [0, 0.1) is 0 Å². The van der Waals surface area contributed by atoms with E-state index in [-0.39, 0.29) is 5.91 Å². The molecule has 0 spiro atoms. The summed E-state index contributed by atoms with van der Waals surface area (Å²) in [5.41, 5.74) is 2.21. The minimum absolute atomic E-state index is 0.295. The number of hydrogen-bond donors (Lipinski definition) is 1. The van der Waals surface area contributed by atoms with Crippen LogP contribution in [0.5, 0.6) is 0 Å². The Morgan fingerprint density at radius 1 is 0.966 bits per heavy atom. The summed E-state index contributed by atoms with van der Waals surface area (Å²) in [6.45, 7) is 3.96. The molecule has 1 fully saturated rings. The zero-order valence-corrected chi connectivity index (χ0v) is 18.2. The lowest BCUT2D eigenvalue weighted by Gasteiger charge is -2.41. The fourth-order valence-electron chi connectivity index (χ4n) is 3.32. The van der Waals surface area contributed by atoms with E-state index in [1.807, 2.05) is 53.4 Å². The van der Waals surface area contributed by atoms with E-state index in [1.54, 1.807) is 6.08 Å². The third-order valence-corrected chi connectivity index (χ3v) is 5.46. The predicted molar refractivity (Wildman–Crippen MR) is 121 cm³/mol. The van der Waals surface area contributed by atoms with Crippen molar-refractivity contribution in [3.05, 3.63) is 77.9 Å². The summed E-state index contributed by atoms with van der Waals surface area (Å²) >= 11 is 18.6. The van der Waals surface area contributed by atoms with Gasteiger partial charge in [-0.15, -0.1) is 0 Å². The van der Waals surface area contributed by atoms with Crippen molar-refractivity contribution in [3.8, 4) is 0 Å². The first-order valence-electron chi connectivity index (χ1n) is 9.52. The van der Waals surface area contributed by atoms with Gasteiger partial charge in [0.2, 0.25) is 9.70 Å². The smallest absolute Gasteiger partial charge is 0.245 e. The van der Waals surface area contributed by atoms with Gasteiger partial charge in [-0.25, -0.2) is 0 Å². The van der Waals surface area contributed by atoms with Crippen LogP contribution in [-0.2, 0) is 11.3 Å². The van der Waals surface area contributed by atoms with Gasteiger partial charge in [0.25, 0.3) is 0 Å². The maximum absolute atomic E-state index is 12.4. The third kappa shape index (κ3) is 7.02. The van der Waals surface area contributed by atoms with E-state index < -0.39 is 9.96 Å². The number of benzene rings is 2. The van der Waals surface area contributed by atoms with Crippen LogP contribution in [0.1, 0.15) is 11.1 Å². The first kappa shape index (κ1) is 22.1. The summed E-state index contributed by atoms with van der Waals surface area (Å²) in [5.74, 6) is -0.295. The second-order valence-corrected chi connectivity index (χ2v) is 9.36. The topological polar surface area (TPSA) is 35.6 Å². The highest BCUT2D eigenvalue weighted by atomic mass is 35.6. The van der Waals surface area contributed by atoms with E-state index in [1.165, 1.54) is 11.6 Å². The normalized spacial score (nSPS) is 17.3. The number of nitrogens with one attached hydrogen (secondary N) is 1. The second-order valence-electron chi connectivity index (χ2n) is 6.99.